The minimum atomic E-state index is -1.17. The number of hydrogen-bond acceptors (Lipinski definition) is 3. The molecule has 0 amide bonds. The van der Waals surface area contributed by atoms with Crippen molar-refractivity contribution in [2.75, 3.05) is 5.33 Å². The number of carbonyl (C=O) groups is 1. The summed E-state index contributed by atoms with van der Waals surface area (Å²) < 4.78 is 13.1. The first-order valence-electron chi connectivity index (χ1n) is 3.17. The van der Waals surface area contributed by atoms with Crippen LogP contribution in [-0.4, -0.2) is 20.8 Å². The number of halogens is 2. The smallest absolute Gasteiger partial charge is 0.273 e. The van der Waals surface area contributed by atoms with Crippen molar-refractivity contribution in [2.24, 2.45) is 0 Å². The van der Waals surface area contributed by atoms with E-state index in [1.807, 2.05) is 0 Å². The molecule has 0 saturated carbocycles. The second-order valence-electron chi connectivity index (χ2n) is 2.13. The third-order valence-corrected chi connectivity index (χ3v) is 1.76. The van der Waals surface area contributed by atoms with Crippen LogP contribution in [0.25, 0.3) is 0 Å². The van der Waals surface area contributed by atoms with Gasteiger partial charge in [0, 0.05) is 0 Å². The Morgan fingerprint density at radius 1 is 1.62 bits per heavy atom. The van der Waals surface area contributed by atoms with Crippen LogP contribution >= 0.6 is 15.9 Å². The Balaban J connectivity index is 3.41. The molecule has 0 atom stereocenters. The molecule has 0 fully saturated rings. The van der Waals surface area contributed by atoms with Crippen LogP contribution in [0.5, 0.6) is 0 Å². The Kier molecular flexibility index (Phi) is 2.76. The van der Waals surface area contributed by atoms with Gasteiger partial charge in [0.1, 0.15) is 0 Å². The van der Waals surface area contributed by atoms with E-state index in [1.54, 1.807) is 4.98 Å². The van der Waals surface area contributed by atoms with Gasteiger partial charge in [-0.1, -0.05) is 15.9 Å². The fraction of sp³-hybridized carbons (Fsp3) is 0.167. The molecule has 1 heterocycles. The molecular weight excluding hydrogens is 247 g/mol. The highest BCUT2D eigenvalue weighted by atomic mass is 79.9. The molecule has 0 aliphatic heterocycles. The highest BCUT2D eigenvalue weighted by Gasteiger charge is 2.08. The van der Waals surface area contributed by atoms with Gasteiger partial charge in [-0.3, -0.25) is 14.6 Å². The van der Waals surface area contributed by atoms with E-state index in [0.29, 0.717) is 10.8 Å². The minimum absolute atomic E-state index is 0.127. The molecule has 0 bridgehead atoms. The van der Waals surface area contributed by atoms with Crippen molar-refractivity contribution in [3.63, 3.8) is 0 Å². The van der Waals surface area contributed by atoms with Crippen LogP contribution in [0, 0.1) is 5.82 Å². The largest absolute Gasteiger partial charge is 0.335 e. The monoisotopic (exact) mass is 250 g/mol. The van der Waals surface area contributed by atoms with Gasteiger partial charge in [-0.25, -0.2) is 9.36 Å². The first kappa shape index (κ1) is 9.85. The van der Waals surface area contributed by atoms with Gasteiger partial charge in [0.25, 0.3) is 5.56 Å². The van der Waals surface area contributed by atoms with E-state index in [9.17, 15) is 18.8 Å². The number of H-pyrrole nitrogens is 1. The Morgan fingerprint density at radius 2 is 2.23 bits per heavy atom. The maximum atomic E-state index is 12.6. The van der Waals surface area contributed by atoms with Gasteiger partial charge in [-0.2, -0.15) is 4.39 Å². The van der Waals surface area contributed by atoms with Crippen molar-refractivity contribution in [2.45, 2.75) is 0 Å². The maximum Gasteiger partial charge on any atom is 0.335 e. The maximum absolute atomic E-state index is 12.6. The topological polar surface area (TPSA) is 71.9 Å². The molecule has 0 spiro atoms. The summed E-state index contributed by atoms with van der Waals surface area (Å²) in [5, 5.41) is -0.127. The van der Waals surface area contributed by atoms with E-state index in [0.717, 1.165) is 0 Å². The fourth-order valence-electron chi connectivity index (χ4n) is 0.697. The first-order chi connectivity index (χ1) is 6.06. The van der Waals surface area contributed by atoms with Crippen LogP contribution in [0.3, 0.4) is 0 Å². The number of carbonyl (C=O) groups excluding carboxylic acids is 1. The predicted octanol–water partition coefficient (Wildman–Crippen LogP) is -0.289. The number of nitrogens with one attached hydrogen (secondary N) is 1. The van der Waals surface area contributed by atoms with Crippen molar-refractivity contribution >= 4 is 21.8 Å². The fourth-order valence-corrected chi connectivity index (χ4v) is 0.967. The minimum Gasteiger partial charge on any atom is -0.273 e. The second kappa shape index (κ2) is 3.65. The number of hydrogen-bond donors (Lipinski definition) is 1. The third kappa shape index (κ3) is 1.92. The number of nitrogens with zero attached hydrogens (tertiary/aromatic N) is 1. The van der Waals surface area contributed by atoms with Crippen molar-refractivity contribution in [1.82, 2.24) is 9.55 Å². The summed E-state index contributed by atoms with van der Waals surface area (Å²) in [4.78, 5) is 34.0. The molecule has 1 aromatic rings. The van der Waals surface area contributed by atoms with Gasteiger partial charge in [0.05, 0.1) is 11.5 Å². The Bertz CT molecular complexity index is 450. The second-order valence-corrected chi connectivity index (χ2v) is 2.69. The predicted molar refractivity (Wildman–Crippen MR) is 45.7 cm³/mol. The Morgan fingerprint density at radius 3 is 2.77 bits per heavy atom. The van der Waals surface area contributed by atoms with Gasteiger partial charge in [-0.05, 0) is 0 Å². The molecule has 0 aromatic carbocycles. The van der Waals surface area contributed by atoms with Crippen LogP contribution in [-0.2, 0) is 0 Å². The summed E-state index contributed by atoms with van der Waals surface area (Å²) in [6.07, 6.45) is 0.560. The summed E-state index contributed by atoms with van der Waals surface area (Å²) in [7, 11) is 0. The molecule has 1 aromatic heterocycles. The molecule has 0 aliphatic rings. The molecule has 0 aliphatic carbocycles. The molecule has 0 saturated heterocycles. The lowest BCUT2D eigenvalue weighted by atomic mass is 10.5. The Hall–Kier alpha value is -1.24. The highest BCUT2D eigenvalue weighted by molar-refractivity contribution is 9.09. The lowest BCUT2D eigenvalue weighted by Crippen LogP contribution is -2.35. The summed E-state index contributed by atoms with van der Waals surface area (Å²) in [6.45, 7) is 0. The summed E-state index contributed by atoms with van der Waals surface area (Å²) in [5.41, 5.74) is -2.08. The van der Waals surface area contributed by atoms with Crippen molar-refractivity contribution in [3.05, 3.63) is 32.9 Å². The van der Waals surface area contributed by atoms with E-state index >= 15 is 0 Å². The van der Waals surface area contributed by atoms with Gasteiger partial charge in [0.2, 0.25) is 11.7 Å². The highest BCUT2D eigenvalue weighted by Crippen LogP contribution is 1.87. The van der Waals surface area contributed by atoms with E-state index < -0.39 is 23.0 Å². The number of rotatable bonds is 1. The van der Waals surface area contributed by atoms with Gasteiger partial charge < -0.3 is 0 Å². The number of aromatic nitrogens is 2. The lowest BCUT2D eigenvalue weighted by molar-refractivity contribution is 0.0935. The molecule has 13 heavy (non-hydrogen) atoms. The summed E-state index contributed by atoms with van der Waals surface area (Å²) in [6, 6.07) is 0. The standard InChI is InChI=1S/C6H4BrFN2O3/c7-1-4(11)10-2-3(8)5(12)9-6(10)13/h2H,1H2,(H,9,12,13). The number of aromatic amines is 1. The van der Waals surface area contributed by atoms with Gasteiger partial charge in [0.15, 0.2) is 0 Å². The molecule has 70 valence electrons. The molecule has 0 radical (unpaired) electrons. The summed E-state index contributed by atoms with van der Waals surface area (Å²) >= 11 is 2.80. The van der Waals surface area contributed by atoms with Crippen molar-refractivity contribution in [3.8, 4) is 0 Å². The zero-order valence-electron chi connectivity index (χ0n) is 6.21. The molecular formula is C6H4BrFN2O3. The Labute approximate surface area is 79.3 Å². The molecule has 1 N–H and O–H groups in total. The van der Waals surface area contributed by atoms with Crippen LogP contribution in [0.1, 0.15) is 4.79 Å². The van der Waals surface area contributed by atoms with E-state index in [2.05, 4.69) is 15.9 Å². The van der Waals surface area contributed by atoms with E-state index in [4.69, 9.17) is 0 Å². The summed E-state index contributed by atoms with van der Waals surface area (Å²) in [5.74, 6) is -1.82. The zero-order chi connectivity index (χ0) is 10.0. The van der Waals surface area contributed by atoms with Crippen LogP contribution < -0.4 is 11.2 Å². The lowest BCUT2D eigenvalue weighted by Gasteiger charge is -1.98. The van der Waals surface area contributed by atoms with Crippen LogP contribution in [0.2, 0.25) is 0 Å². The van der Waals surface area contributed by atoms with Gasteiger partial charge >= 0.3 is 5.69 Å². The molecule has 7 heteroatoms. The zero-order valence-corrected chi connectivity index (χ0v) is 7.80. The molecule has 5 nitrogen and oxygen atoms in total. The SMILES string of the molecule is O=C(CBr)n1cc(F)c(=O)[nH]c1=O. The number of alkyl halides is 1. The third-order valence-electron chi connectivity index (χ3n) is 1.28. The van der Waals surface area contributed by atoms with Crippen LogP contribution in [0.4, 0.5) is 4.39 Å². The van der Waals surface area contributed by atoms with Crippen LogP contribution in [0.15, 0.2) is 15.8 Å². The first-order valence-corrected chi connectivity index (χ1v) is 4.29. The molecule has 1 rings (SSSR count). The average Bonchev–Trinajstić information content (AvgIpc) is 2.10. The van der Waals surface area contributed by atoms with Gasteiger partial charge in [-0.15, -0.1) is 0 Å². The quantitative estimate of drug-likeness (QED) is 0.697. The molecule has 0 unspecified atom stereocenters. The van der Waals surface area contributed by atoms with E-state index in [1.165, 1.54) is 0 Å². The van der Waals surface area contributed by atoms with Crippen molar-refractivity contribution in [1.29, 1.82) is 0 Å². The van der Waals surface area contributed by atoms with E-state index in [-0.39, 0.29) is 5.33 Å². The normalized spacial score (nSPS) is 10.0. The van der Waals surface area contributed by atoms with Crippen molar-refractivity contribution < 1.29 is 9.18 Å². The average molecular weight is 251 g/mol.